The molecule has 0 bridgehead atoms. The van der Waals surface area contributed by atoms with Crippen LogP contribution in [0.5, 0.6) is 0 Å². The van der Waals surface area contributed by atoms with Gasteiger partial charge in [0.05, 0.1) is 25.4 Å². The van der Waals surface area contributed by atoms with E-state index in [1.54, 1.807) is 0 Å². The third kappa shape index (κ3) is 50.3. The zero-order chi connectivity index (χ0) is 46.5. The maximum atomic E-state index is 12.5. The smallest absolute Gasteiger partial charge is 0.305 e. The monoisotopic (exact) mass is 906 g/mol. The summed E-state index contributed by atoms with van der Waals surface area (Å²) in [6, 6.07) is -0.560. The average Bonchev–Trinajstić information content (AvgIpc) is 3.29. The van der Waals surface area contributed by atoms with Crippen molar-refractivity contribution < 1.29 is 24.5 Å². The molecule has 0 saturated carbocycles. The molecule has 0 aromatic rings. The lowest BCUT2D eigenvalue weighted by molar-refractivity contribution is -0.143. The molecule has 3 N–H and O–H groups in total. The second kappa shape index (κ2) is 54.5. The molecule has 6 heteroatoms. The van der Waals surface area contributed by atoms with Gasteiger partial charge in [-0.05, 0) is 25.7 Å². The van der Waals surface area contributed by atoms with Gasteiger partial charge in [-0.2, -0.15) is 0 Å². The van der Waals surface area contributed by atoms with Crippen molar-refractivity contribution in [1.29, 1.82) is 0 Å². The van der Waals surface area contributed by atoms with E-state index in [1.807, 2.05) is 0 Å². The number of rotatable bonds is 55. The normalized spacial score (nSPS) is 12.5. The number of aliphatic hydroxyl groups excluding tert-OH is 2. The predicted octanol–water partition coefficient (Wildman–Crippen LogP) is 17.9. The zero-order valence-electron chi connectivity index (χ0n) is 43.5. The second-order valence-electron chi connectivity index (χ2n) is 20.3. The maximum Gasteiger partial charge on any atom is 0.305 e. The SMILES string of the molecule is CCCCCCCCCCCCCCCCCCCCCC(=O)OCCCCCCCCCCCC(=O)NC(CO)C(O)CCCCCCCCCCCCCCCCCCCCC. The Hall–Kier alpha value is -1.14. The Labute approximate surface area is 400 Å². The summed E-state index contributed by atoms with van der Waals surface area (Å²) in [5.74, 6) is -0.0766. The average molecular weight is 907 g/mol. The van der Waals surface area contributed by atoms with Crippen LogP contribution in [0.3, 0.4) is 0 Å². The van der Waals surface area contributed by atoms with E-state index in [0.717, 1.165) is 57.8 Å². The van der Waals surface area contributed by atoms with Crippen LogP contribution in [0.25, 0.3) is 0 Å². The van der Waals surface area contributed by atoms with Gasteiger partial charge in [-0.1, -0.05) is 296 Å². The first-order valence-corrected chi connectivity index (χ1v) is 29.3. The highest BCUT2D eigenvalue weighted by atomic mass is 16.5. The fourth-order valence-electron chi connectivity index (χ4n) is 9.41. The van der Waals surface area contributed by atoms with E-state index >= 15 is 0 Å². The van der Waals surface area contributed by atoms with Gasteiger partial charge in [-0.25, -0.2) is 0 Å². The molecule has 64 heavy (non-hydrogen) atoms. The van der Waals surface area contributed by atoms with Crippen LogP contribution in [0, 0.1) is 0 Å². The van der Waals surface area contributed by atoms with E-state index in [4.69, 9.17) is 4.74 Å². The number of amides is 1. The molecular weight excluding hydrogens is 791 g/mol. The van der Waals surface area contributed by atoms with Crippen molar-refractivity contribution in [3.05, 3.63) is 0 Å². The minimum atomic E-state index is -0.681. The molecule has 0 aromatic heterocycles. The molecule has 1 amide bonds. The van der Waals surface area contributed by atoms with Gasteiger partial charge in [0.15, 0.2) is 0 Å². The van der Waals surface area contributed by atoms with Gasteiger partial charge in [0, 0.05) is 12.8 Å². The molecule has 0 fully saturated rings. The van der Waals surface area contributed by atoms with Gasteiger partial charge in [0.1, 0.15) is 0 Å². The Balaban J connectivity index is 3.44. The number of ether oxygens (including phenoxy) is 1. The van der Waals surface area contributed by atoms with Crippen molar-refractivity contribution in [3.63, 3.8) is 0 Å². The highest BCUT2D eigenvalue weighted by Gasteiger charge is 2.20. The molecule has 0 spiro atoms. The number of nitrogens with one attached hydrogen (secondary N) is 1. The first-order valence-electron chi connectivity index (χ1n) is 29.3. The Bertz CT molecular complexity index is 913. The van der Waals surface area contributed by atoms with Crippen LogP contribution < -0.4 is 5.32 Å². The highest BCUT2D eigenvalue weighted by molar-refractivity contribution is 5.76. The number of esters is 1. The Morgan fingerprint density at radius 3 is 0.953 bits per heavy atom. The molecule has 0 heterocycles. The summed E-state index contributed by atoms with van der Waals surface area (Å²) < 4.78 is 5.48. The summed E-state index contributed by atoms with van der Waals surface area (Å²) in [5.41, 5.74) is 0. The van der Waals surface area contributed by atoms with Crippen molar-refractivity contribution in [2.75, 3.05) is 13.2 Å². The molecule has 0 radical (unpaired) electrons. The highest BCUT2D eigenvalue weighted by Crippen LogP contribution is 2.18. The Morgan fingerprint density at radius 1 is 0.375 bits per heavy atom. The first kappa shape index (κ1) is 62.9. The maximum absolute atomic E-state index is 12.5. The number of carbonyl (C=O) groups is 2. The number of aliphatic hydroxyl groups is 2. The summed E-state index contributed by atoms with van der Waals surface area (Å²) >= 11 is 0. The lowest BCUT2D eigenvalue weighted by Gasteiger charge is -2.22. The van der Waals surface area contributed by atoms with Gasteiger partial charge in [0.25, 0.3) is 0 Å². The van der Waals surface area contributed by atoms with Crippen molar-refractivity contribution in [2.45, 2.75) is 347 Å². The number of carbonyl (C=O) groups excluding carboxylic acids is 2. The largest absolute Gasteiger partial charge is 0.466 e. The minimum absolute atomic E-state index is 0.0187. The molecule has 0 aliphatic carbocycles. The molecule has 2 unspecified atom stereocenters. The zero-order valence-corrected chi connectivity index (χ0v) is 43.5. The van der Waals surface area contributed by atoms with Crippen molar-refractivity contribution in [2.24, 2.45) is 0 Å². The lowest BCUT2D eigenvalue weighted by Crippen LogP contribution is -2.45. The molecule has 0 aliphatic heterocycles. The summed E-state index contributed by atoms with van der Waals surface area (Å²) in [4.78, 5) is 24.6. The van der Waals surface area contributed by atoms with Crippen LogP contribution in [0.1, 0.15) is 335 Å². The van der Waals surface area contributed by atoms with Gasteiger partial charge in [-0.15, -0.1) is 0 Å². The Morgan fingerprint density at radius 2 is 0.641 bits per heavy atom. The van der Waals surface area contributed by atoms with Crippen LogP contribution in [0.15, 0.2) is 0 Å². The fraction of sp³-hybridized carbons (Fsp3) is 0.966. The molecule has 0 rings (SSSR count). The van der Waals surface area contributed by atoms with E-state index in [9.17, 15) is 19.8 Å². The van der Waals surface area contributed by atoms with E-state index in [0.29, 0.717) is 25.9 Å². The van der Waals surface area contributed by atoms with Gasteiger partial charge < -0.3 is 20.3 Å². The fourth-order valence-corrected chi connectivity index (χ4v) is 9.41. The molecule has 6 nitrogen and oxygen atoms in total. The Kier molecular flexibility index (Phi) is 53.5. The standard InChI is InChI=1S/C58H115NO5/c1-3-5-7-9-11-13-15-17-19-21-23-25-27-29-31-34-38-42-46-50-56(61)55(54-60)59-57(62)51-47-43-39-35-33-37-41-45-49-53-64-58(63)52-48-44-40-36-32-30-28-26-24-22-20-18-16-14-12-10-8-6-4-2/h55-56,60-61H,3-54H2,1-2H3,(H,59,62). The second-order valence-corrected chi connectivity index (χ2v) is 20.3. The van der Waals surface area contributed by atoms with Crippen molar-refractivity contribution in [3.8, 4) is 0 Å². The molecule has 382 valence electrons. The van der Waals surface area contributed by atoms with Crippen LogP contribution in [0.4, 0.5) is 0 Å². The third-order valence-electron chi connectivity index (χ3n) is 13.9. The third-order valence-corrected chi connectivity index (χ3v) is 13.9. The lowest BCUT2D eigenvalue weighted by atomic mass is 10.0. The molecule has 0 aliphatic rings. The number of hydrogen-bond acceptors (Lipinski definition) is 5. The molecule has 0 saturated heterocycles. The summed E-state index contributed by atoms with van der Waals surface area (Å²) in [6.45, 7) is 4.93. The summed E-state index contributed by atoms with van der Waals surface area (Å²) in [7, 11) is 0. The topological polar surface area (TPSA) is 95.9 Å². The molecule has 2 atom stereocenters. The molecular formula is C58H115NO5. The van der Waals surface area contributed by atoms with Gasteiger partial charge in [0.2, 0.25) is 5.91 Å². The summed E-state index contributed by atoms with van der Waals surface area (Å²) in [6.07, 6.45) is 62.3. The van der Waals surface area contributed by atoms with E-state index in [2.05, 4.69) is 19.2 Å². The van der Waals surface area contributed by atoms with E-state index in [1.165, 1.54) is 244 Å². The summed E-state index contributed by atoms with van der Waals surface area (Å²) in [5, 5.41) is 23.3. The van der Waals surface area contributed by atoms with Crippen LogP contribution in [-0.4, -0.2) is 47.4 Å². The first-order chi connectivity index (χ1) is 31.5. The minimum Gasteiger partial charge on any atom is -0.466 e. The quantitative estimate of drug-likeness (QED) is 0.0417. The van der Waals surface area contributed by atoms with Crippen molar-refractivity contribution >= 4 is 11.9 Å². The predicted molar refractivity (Wildman–Crippen MR) is 278 cm³/mol. The number of unbranched alkanes of at least 4 members (excludes halogenated alkanes) is 44. The van der Waals surface area contributed by atoms with Crippen LogP contribution in [0.2, 0.25) is 0 Å². The van der Waals surface area contributed by atoms with E-state index < -0.39 is 12.1 Å². The van der Waals surface area contributed by atoms with E-state index in [-0.39, 0.29) is 18.5 Å². The van der Waals surface area contributed by atoms with Crippen LogP contribution in [-0.2, 0) is 14.3 Å². The van der Waals surface area contributed by atoms with Gasteiger partial charge >= 0.3 is 5.97 Å². The van der Waals surface area contributed by atoms with Gasteiger partial charge in [-0.3, -0.25) is 9.59 Å². The molecule has 0 aromatic carbocycles. The van der Waals surface area contributed by atoms with Crippen molar-refractivity contribution in [1.82, 2.24) is 5.32 Å². The van der Waals surface area contributed by atoms with Crippen LogP contribution >= 0.6 is 0 Å². The number of hydrogen-bond donors (Lipinski definition) is 3.